The van der Waals surface area contributed by atoms with Crippen LogP contribution in [0.25, 0.3) is 50.0 Å². The van der Waals surface area contributed by atoms with Crippen molar-refractivity contribution in [3.63, 3.8) is 0 Å². The molecule has 0 aliphatic carbocycles. The maximum Gasteiger partial charge on any atom is 0.285 e. The van der Waals surface area contributed by atoms with Gasteiger partial charge in [0.15, 0.2) is 10.7 Å². The van der Waals surface area contributed by atoms with E-state index in [1.807, 2.05) is 140 Å². The van der Waals surface area contributed by atoms with Crippen molar-refractivity contribution in [1.29, 1.82) is 0 Å². The molecule has 2 saturated heterocycles. The molecule has 8 aromatic rings. The molecule has 0 radical (unpaired) electrons. The number of fused-ring (bicyclic) bond motifs is 4. The highest BCUT2D eigenvalue weighted by atomic mass is 32.1. The smallest absolute Gasteiger partial charge is 0.285 e. The van der Waals surface area contributed by atoms with Crippen LogP contribution in [0.1, 0.15) is 19.6 Å². The van der Waals surface area contributed by atoms with Crippen molar-refractivity contribution in [3.8, 4) is 11.9 Å². The number of nitrogens with zero attached hydrogens (tertiary/aromatic N) is 2. The summed E-state index contributed by atoms with van der Waals surface area (Å²) in [5.74, 6) is 2.40. The van der Waals surface area contributed by atoms with Gasteiger partial charge in [-0.2, -0.15) is 0 Å². The molecular weight excluding hydrogens is 825 g/mol. The van der Waals surface area contributed by atoms with Crippen LogP contribution in [0.2, 0.25) is 0 Å². The van der Waals surface area contributed by atoms with E-state index in [1.165, 1.54) is 0 Å². The van der Waals surface area contributed by atoms with Gasteiger partial charge in [-0.25, -0.2) is 0 Å². The predicted molar refractivity (Wildman–Crippen MR) is 248 cm³/mol. The summed E-state index contributed by atoms with van der Waals surface area (Å²) < 4.78 is 41.8. The summed E-state index contributed by atoms with van der Waals surface area (Å²) >= 11 is 20.2. The fourth-order valence-corrected chi connectivity index (χ4v) is 6.99. The molecule has 0 amide bonds. The number of rotatable bonds is 5. The Labute approximate surface area is 362 Å². The zero-order chi connectivity index (χ0) is 41.7. The lowest BCUT2D eigenvalue weighted by Gasteiger charge is -2.09. The largest absolute Gasteiger partial charge is 0.468 e. The van der Waals surface area contributed by atoms with Crippen molar-refractivity contribution in [3.05, 3.63) is 139 Å². The standard InChI is InChI=1S/C14H11NO2S2.2C9H8O2.C8H6O.C5H7NOS2/c1-2-15-13(18)12(17-14(15)19)8-10-7-9-5-3-4-6-11(9)16-10;2*1-10-9-6-7-4-2-3-5-8(7)11-9;1-2-4-8-7(3-1)5-6-9-8;1-2-6-4(8)3-7-5(6)9/h3-8H,2H2,1H3;2*2-6H,1H3;1-6H;2-3H2,1H3/b12-8-;;;;. The molecule has 2 aliphatic rings. The van der Waals surface area contributed by atoms with Crippen molar-refractivity contribution in [1.82, 2.24) is 9.80 Å². The Hall–Kier alpha value is -6.06. The molecule has 0 atom stereocenters. The zero-order valence-electron chi connectivity index (χ0n) is 32.6. The Bertz CT molecular complexity index is 2510. The maximum absolute atomic E-state index is 5.70. The van der Waals surface area contributed by atoms with Gasteiger partial charge in [-0.05, 0) is 74.7 Å². The van der Waals surface area contributed by atoms with Crippen molar-refractivity contribution in [2.75, 3.05) is 33.9 Å². The number of benzene rings is 4. The van der Waals surface area contributed by atoms with Crippen molar-refractivity contribution >= 4 is 119 Å². The molecular formula is C45H40N2O8S4. The van der Waals surface area contributed by atoms with Crippen molar-refractivity contribution < 1.29 is 36.6 Å². The molecule has 4 aromatic heterocycles. The second-order valence-corrected chi connectivity index (χ2v) is 13.9. The SMILES string of the molecule is CCN1C(=S)COC1=S.CCN1C(=S)O/C(=C\c2cc3ccccc3o2)C1=S.COc1cc2ccccc2o1.COc1cc2ccccc2o1.c1ccc2occc2c1. The molecule has 10 nitrogen and oxygen atoms in total. The lowest BCUT2D eigenvalue weighted by molar-refractivity contribution is 0.315. The highest BCUT2D eigenvalue weighted by Crippen LogP contribution is 2.26. The Kier molecular flexibility index (Phi) is 14.8. The number of hydrogen-bond acceptors (Lipinski definition) is 12. The molecule has 0 unspecified atom stereocenters. The summed E-state index contributed by atoms with van der Waals surface area (Å²) in [6, 6.07) is 39.0. The van der Waals surface area contributed by atoms with Crippen LogP contribution in [0.15, 0.2) is 151 Å². The van der Waals surface area contributed by atoms with E-state index in [1.54, 1.807) is 31.5 Å². The normalized spacial score (nSPS) is 13.9. The minimum absolute atomic E-state index is 0.398. The Balaban J connectivity index is 0.000000128. The molecule has 0 bridgehead atoms. The van der Waals surface area contributed by atoms with E-state index < -0.39 is 0 Å². The number of ether oxygens (including phenoxy) is 4. The summed E-state index contributed by atoms with van der Waals surface area (Å²) in [6.07, 6.45) is 3.48. The number of methoxy groups -OCH3 is 2. The number of para-hydroxylation sites is 4. The first-order valence-corrected chi connectivity index (χ1v) is 20.0. The molecule has 2 fully saturated rings. The molecule has 2 aliphatic heterocycles. The van der Waals surface area contributed by atoms with E-state index in [2.05, 4.69) is 0 Å². The summed E-state index contributed by atoms with van der Waals surface area (Å²) in [7, 11) is 3.19. The van der Waals surface area contributed by atoms with Gasteiger partial charge in [0.2, 0.25) is 0 Å². The van der Waals surface area contributed by atoms with Crippen LogP contribution in [-0.4, -0.2) is 64.0 Å². The van der Waals surface area contributed by atoms with E-state index in [-0.39, 0.29) is 0 Å². The van der Waals surface area contributed by atoms with E-state index in [0.29, 0.717) is 51.9 Å². The Morgan fingerprint density at radius 2 is 1.07 bits per heavy atom. The van der Waals surface area contributed by atoms with Gasteiger partial charge in [0, 0.05) is 52.8 Å². The maximum atomic E-state index is 5.70. The van der Waals surface area contributed by atoms with Crippen LogP contribution < -0.4 is 9.47 Å². The lowest BCUT2D eigenvalue weighted by Crippen LogP contribution is -2.26. The van der Waals surface area contributed by atoms with Crippen LogP contribution >= 0.6 is 48.9 Å². The number of furan rings is 4. The van der Waals surface area contributed by atoms with E-state index in [0.717, 1.165) is 55.4 Å². The second kappa shape index (κ2) is 20.6. The van der Waals surface area contributed by atoms with E-state index in [4.69, 9.17) is 85.5 Å². The first kappa shape index (κ1) is 42.5. The minimum atomic E-state index is 0.398. The Morgan fingerprint density at radius 1 is 0.576 bits per heavy atom. The fourth-order valence-electron chi connectivity index (χ4n) is 5.68. The summed E-state index contributed by atoms with van der Waals surface area (Å²) in [6.45, 7) is 5.98. The van der Waals surface area contributed by atoms with Gasteiger partial charge in [0.25, 0.3) is 22.2 Å². The van der Waals surface area contributed by atoms with Gasteiger partial charge in [0.05, 0.1) is 20.5 Å². The van der Waals surface area contributed by atoms with Crippen molar-refractivity contribution in [2.24, 2.45) is 0 Å². The average Bonchev–Trinajstić information content (AvgIpc) is 4.12. The highest BCUT2D eigenvalue weighted by molar-refractivity contribution is 7.82. The molecule has 0 spiro atoms. The van der Waals surface area contributed by atoms with Gasteiger partial charge in [-0.1, -0.05) is 97.2 Å². The summed E-state index contributed by atoms with van der Waals surface area (Å²) in [5, 5.41) is 5.27. The van der Waals surface area contributed by atoms with Gasteiger partial charge < -0.3 is 36.6 Å². The van der Waals surface area contributed by atoms with Gasteiger partial charge in [-0.15, -0.1) is 0 Å². The molecule has 0 saturated carbocycles. The molecule has 10 rings (SSSR count). The van der Waals surface area contributed by atoms with Crippen LogP contribution in [0.3, 0.4) is 0 Å². The first-order chi connectivity index (χ1) is 28.7. The number of likely N-dealkylation sites (N-methyl/N-ethyl adjacent to an activating group) is 2. The quantitative estimate of drug-likeness (QED) is 0.121. The van der Waals surface area contributed by atoms with Crippen LogP contribution in [0.4, 0.5) is 0 Å². The topological polar surface area (TPSA) is 96.0 Å². The van der Waals surface area contributed by atoms with Gasteiger partial charge in [0.1, 0.15) is 39.7 Å². The Morgan fingerprint density at radius 3 is 1.49 bits per heavy atom. The van der Waals surface area contributed by atoms with Crippen LogP contribution in [0.5, 0.6) is 11.9 Å². The van der Waals surface area contributed by atoms with Gasteiger partial charge in [-0.3, -0.25) is 9.80 Å². The monoisotopic (exact) mass is 864 g/mol. The highest BCUT2D eigenvalue weighted by Gasteiger charge is 2.28. The number of thiocarbonyl (C=S) groups is 4. The summed E-state index contributed by atoms with van der Waals surface area (Å²) in [5.41, 5.74) is 3.53. The molecule has 14 heteroatoms. The molecule has 6 heterocycles. The van der Waals surface area contributed by atoms with Crippen molar-refractivity contribution in [2.45, 2.75) is 13.8 Å². The van der Waals surface area contributed by atoms with Crippen LogP contribution in [-0.2, 0) is 9.47 Å². The zero-order valence-corrected chi connectivity index (χ0v) is 35.9. The predicted octanol–water partition coefficient (Wildman–Crippen LogP) is 12.0. The summed E-state index contributed by atoms with van der Waals surface area (Å²) in [4.78, 5) is 4.99. The third-order valence-corrected chi connectivity index (χ3v) is 10.0. The van der Waals surface area contributed by atoms with Gasteiger partial charge >= 0.3 is 0 Å². The third-order valence-electron chi connectivity index (χ3n) is 8.63. The number of hydrogen-bond donors (Lipinski definition) is 0. The molecule has 4 aromatic carbocycles. The molecule has 59 heavy (non-hydrogen) atoms. The van der Waals surface area contributed by atoms with E-state index >= 15 is 0 Å². The second-order valence-electron chi connectivity index (χ2n) is 12.4. The fraction of sp³-hybridized carbons (Fsp3) is 0.156. The molecule has 0 N–H and O–H groups in total. The molecule has 302 valence electrons. The average molecular weight is 865 g/mol. The lowest BCUT2D eigenvalue weighted by atomic mass is 10.2. The third kappa shape index (κ3) is 10.9. The minimum Gasteiger partial charge on any atom is -0.468 e. The van der Waals surface area contributed by atoms with Crippen LogP contribution in [0, 0.1) is 0 Å². The first-order valence-electron chi connectivity index (χ1n) is 18.4. The van der Waals surface area contributed by atoms with E-state index in [9.17, 15) is 0 Å².